The lowest BCUT2D eigenvalue weighted by atomic mass is 10.1. The quantitative estimate of drug-likeness (QED) is 0.824. The van der Waals surface area contributed by atoms with Crippen LogP contribution in [0.25, 0.3) is 5.69 Å². The summed E-state index contributed by atoms with van der Waals surface area (Å²) >= 11 is 0. The van der Waals surface area contributed by atoms with Crippen LogP contribution in [0.3, 0.4) is 0 Å². The van der Waals surface area contributed by atoms with Crippen LogP contribution in [0, 0.1) is 5.92 Å². The van der Waals surface area contributed by atoms with Crippen LogP contribution in [0.4, 0.5) is 0 Å². The van der Waals surface area contributed by atoms with E-state index in [1.165, 1.54) is 0 Å². The predicted molar refractivity (Wildman–Crippen MR) is 98.7 cm³/mol. The maximum absolute atomic E-state index is 13.1. The standard InChI is InChI=1S/C19H24N2O3S/c1-15(2)13-21(18-8-11-25(23,24)14-18)19(22)16-6-5-7-17(12-16)20-9-3-4-10-20/h3-7,9-10,12,15,18H,8,11,13-14H2,1-2H3/t18-/m1/s1. The summed E-state index contributed by atoms with van der Waals surface area (Å²) < 4.78 is 25.7. The molecule has 0 unspecified atom stereocenters. The van der Waals surface area contributed by atoms with Crippen LogP contribution in [0.1, 0.15) is 30.6 Å². The molecular formula is C19H24N2O3S. The second-order valence-corrected chi connectivity index (χ2v) is 9.28. The van der Waals surface area contributed by atoms with E-state index in [-0.39, 0.29) is 29.4 Å². The Hall–Kier alpha value is -2.08. The van der Waals surface area contributed by atoms with Gasteiger partial charge in [-0.2, -0.15) is 0 Å². The first kappa shape index (κ1) is 17.7. The van der Waals surface area contributed by atoms with E-state index in [2.05, 4.69) is 0 Å². The largest absolute Gasteiger partial charge is 0.334 e. The lowest BCUT2D eigenvalue weighted by molar-refractivity contribution is 0.0672. The minimum absolute atomic E-state index is 0.0722. The predicted octanol–water partition coefficient (Wildman–Crippen LogP) is 2.76. The molecule has 0 aliphatic carbocycles. The van der Waals surface area contributed by atoms with E-state index in [0.29, 0.717) is 18.5 Å². The number of carbonyl (C=O) groups is 1. The first-order valence-electron chi connectivity index (χ1n) is 8.60. The number of rotatable bonds is 5. The Kier molecular flexibility index (Phi) is 4.99. The Morgan fingerprint density at radius 3 is 2.56 bits per heavy atom. The Morgan fingerprint density at radius 2 is 1.96 bits per heavy atom. The van der Waals surface area contributed by atoms with Crippen molar-refractivity contribution in [1.82, 2.24) is 9.47 Å². The lowest BCUT2D eigenvalue weighted by Gasteiger charge is -2.30. The van der Waals surface area contributed by atoms with Gasteiger partial charge in [-0.3, -0.25) is 4.79 Å². The van der Waals surface area contributed by atoms with Gasteiger partial charge in [0.05, 0.1) is 11.5 Å². The van der Waals surface area contributed by atoms with E-state index in [1.54, 1.807) is 11.0 Å². The van der Waals surface area contributed by atoms with Gasteiger partial charge in [0.2, 0.25) is 0 Å². The van der Waals surface area contributed by atoms with E-state index in [1.807, 2.05) is 61.1 Å². The summed E-state index contributed by atoms with van der Waals surface area (Å²) in [4.78, 5) is 14.9. The number of nitrogens with zero attached hydrogens (tertiary/aromatic N) is 2. The summed E-state index contributed by atoms with van der Waals surface area (Å²) in [5, 5.41) is 0. The first-order chi connectivity index (χ1) is 11.9. The molecule has 1 aromatic heterocycles. The third-order valence-electron chi connectivity index (χ3n) is 4.47. The van der Waals surface area contributed by atoms with Gasteiger partial charge in [0.1, 0.15) is 0 Å². The van der Waals surface area contributed by atoms with Crippen molar-refractivity contribution in [2.45, 2.75) is 26.3 Å². The molecule has 25 heavy (non-hydrogen) atoms. The highest BCUT2D eigenvalue weighted by Crippen LogP contribution is 2.22. The van der Waals surface area contributed by atoms with Crippen LogP contribution in [0.2, 0.25) is 0 Å². The second kappa shape index (κ2) is 7.04. The monoisotopic (exact) mass is 360 g/mol. The minimum atomic E-state index is -3.03. The SMILES string of the molecule is CC(C)CN(C(=O)c1cccc(-n2cccc2)c1)[C@@H]1CCS(=O)(=O)C1. The van der Waals surface area contributed by atoms with E-state index in [4.69, 9.17) is 0 Å². The van der Waals surface area contributed by atoms with Gasteiger partial charge in [-0.25, -0.2) is 8.42 Å². The molecule has 0 saturated carbocycles. The molecule has 1 saturated heterocycles. The van der Waals surface area contributed by atoms with Crippen molar-refractivity contribution < 1.29 is 13.2 Å². The molecule has 1 atom stereocenters. The Bertz CT molecular complexity index is 841. The maximum Gasteiger partial charge on any atom is 0.254 e. The highest BCUT2D eigenvalue weighted by atomic mass is 32.2. The van der Waals surface area contributed by atoms with Crippen molar-refractivity contribution in [3.63, 3.8) is 0 Å². The molecule has 1 fully saturated rings. The highest BCUT2D eigenvalue weighted by Gasteiger charge is 2.35. The Morgan fingerprint density at radius 1 is 1.24 bits per heavy atom. The van der Waals surface area contributed by atoms with E-state index >= 15 is 0 Å². The number of hydrogen-bond donors (Lipinski definition) is 0. The minimum Gasteiger partial charge on any atom is -0.334 e. The van der Waals surface area contributed by atoms with E-state index in [9.17, 15) is 13.2 Å². The van der Waals surface area contributed by atoms with Gasteiger partial charge in [-0.15, -0.1) is 0 Å². The number of sulfone groups is 1. The van der Waals surface area contributed by atoms with Gasteiger partial charge in [0, 0.05) is 36.2 Å². The molecule has 134 valence electrons. The van der Waals surface area contributed by atoms with Gasteiger partial charge in [-0.1, -0.05) is 19.9 Å². The highest BCUT2D eigenvalue weighted by molar-refractivity contribution is 7.91. The summed E-state index contributed by atoms with van der Waals surface area (Å²) in [6.07, 6.45) is 4.39. The zero-order chi connectivity index (χ0) is 18.0. The zero-order valence-corrected chi connectivity index (χ0v) is 15.4. The van der Waals surface area contributed by atoms with E-state index in [0.717, 1.165) is 5.69 Å². The molecule has 0 radical (unpaired) electrons. The maximum atomic E-state index is 13.1. The number of hydrogen-bond acceptors (Lipinski definition) is 3. The summed E-state index contributed by atoms with van der Waals surface area (Å²) in [6.45, 7) is 4.65. The van der Waals surface area contributed by atoms with Crippen molar-refractivity contribution >= 4 is 15.7 Å². The van der Waals surface area contributed by atoms with Gasteiger partial charge in [0.25, 0.3) is 5.91 Å². The van der Waals surface area contributed by atoms with Crippen molar-refractivity contribution in [1.29, 1.82) is 0 Å². The average Bonchev–Trinajstić information content (AvgIpc) is 3.21. The molecule has 3 rings (SSSR count). The van der Waals surface area contributed by atoms with Crippen LogP contribution in [0.15, 0.2) is 48.8 Å². The molecule has 2 heterocycles. The van der Waals surface area contributed by atoms with Crippen LogP contribution in [-0.4, -0.2) is 47.9 Å². The lowest BCUT2D eigenvalue weighted by Crippen LogP contribution is -2.43. The number of benzene rings is 1. The summed E-state index contributed by atoms with van der Waals surface area (Å²) in [7, 11) is -3.03. The zero-order valence-electron chi connectivity index (χ0n) is 14.6. The average molecular weight is 360 g/mol. The Balaban J connectivity index is 1.88. The third-order valence-corrected chi connectivity index (χ3v) is 6.22. The topological polar surface area (TPSA) is 59.4 Å². The van der Waals surface area contributed by atoms with Crippen molar-refractivity contribution in [2.75, 3.05) is 18.1 Å². The van der Waals surface area contributed by atoms with Crippen molar-refractivity contribution in [3.8, 4) is 5.69 Å². The molecule has 6 heteroatoms. The number of carbonyl (C=O) groups excluding carboxylic acids is 1. The number of amides is 1. The Labute approximate surface area is 149 Å². The second-order valence-electron chi connectivity index (χ2n) is 7.05. The van der Waals surface area contributed by atoms with Gasteiger partial charge >= 0.3 is 0 Å². The normalized spacial score (nSPS) is 19.2. The summed E-state index contributed by atoms with van der Waals surface area (Å²) in [6, 6.07) is 11.1. The molecule has 1 aliphatic heterocycles. The molecule has 1 amide bonds. The molecule has 0 bridgehead atoms. The molecule has 1 aromatic carbocycles. The van der Waals surface area contributed by atoms with Crippen LogP contribution in [0.5, 0.6) is 0 Å². The van der Waals surface area contributed by atoms with Crippen LogP contribution in [-0.2, 0) is 9.84 Å². The molecule has 2 aromatic rings. The fourth-order valence-electron chi connectivity index (χ4n) is 3.28. The summed E-state index contributed by atoms with van der Waals surface area (Å²) in [5.41, 5.74) is 1.51. The van der Waals surface area contributed by atoms with Crippen LogP contribution >= 0.6 is 0 Å². The van der Waals surface area contributed by atoms with Crippen LogP contribution < -0.4 is 0 Å². The first-order valence-corrected chi connectivity index (χ1v) is 10.4. The molecule has 0 N–H and O–H groups in total. The fourth-order valence-corrected chi connectivity index (χ4v) is 5.02. The fraction of sp³-hybridized carbons (Fsp3) is 0.421. The van der Waals surface area contributed by atoms with Gasteiger partial charge < -0.3 is 9.47 Å². The van der Waals surface area contributed by atoms with Crippen molar-refractivity contribution in [3.05, 3.63) is 54.4 Å². The molecular weight excluding hydrogens is 336 g/mol. The van der Waals surface area contributed by atoms with Crippen molar-refractivity contribution in [2.24, 2.45) is 5.92 Å². The molecule has 5 nitrogen and oxygen atoms in total. The third kappa shape index (κ3) is 4.12. The van der Waals surface area contributed by atoms with Gasteiger partial charge in [0.15, 0.2) is 9.84 Å². The van der Waals surface area contributed by atoms with E-state index < -0.39 is 9.84 Å². The molecule has 1 aliphatic rings. The summed E-state index contributed by atoms with van der Waals surface area (Å²) in [5.74, 6) is 0.427. The van der Waals surface area contributed by atoms with Gasteiger partial charge in [-0.05, 0) is 42.7 Å². The molecule has 0 spiro atoms. The smallest absolute Gasteiger partial charge is 0.254 e. The number of aromatic nitrogens is 1.